The Balaban J connectivity index is 2.57. The fourth-order valence-corrected chi connectivity index (χ4v) is 3.10. The Bertz CT molecular complexity index is 418. The first-order valence-corrected chi connectivity index (χ1v) is 8.21. The third-order valence-corrected chi connectivity index (χ3v) is 4.40. The summed E-state index contributed by atoms with van der Waals surface area (Å²) in [5.74, 6) is 0. The van der Waals surface area contributed by atoms with Crippen LogP contribution >= 0.6 is 34.8 Å². The van der Waals surface area contributed by atoms with E-state index in [0.29, 0.717) is 21.1 Å². The molecule has 1 N–H and O–H groups in total. The smallest absolute Gasteiger partial charge is 0.0467 e. The van der Waals surface area contributed by atoms with Gasteiger partial charge >= 0.3 is 0 Å². The summed E-state index contributed by atoms with van der Waals surface area (Å²) in [6, 6.07) is 4.06. The third-order valence-electron chi connectivity index (χ3n) is 3.51. The summed E-state index contributed by atoms with van der Waals surface area (Å²) >= 11 is 18.4. The summed E-state index contributed by atoms with van der Waals surface area (Å²) in [6.45, 7) is 9.94. The molecule has 0 radical (unpaired) electrons. The Labute approximate surface area is 138 Å². The van der Waals surface area contributed by atoms with E-state index >= 15 is 0 Å². The largest absolute Gasteiger partial charge is 0.315 e. The first-order chi connectivity index (χ1) is 9.21. The van der Waals surface area contributed by atoms with Crippen molar-refractivity contribution in [3.63, 3.8) is 0 Å². The molecular formula is C16H24Cl3N. The molecular weight excluding hydrogens is 313 g/mol. The van der Waals surface area contributed by atoms with Crippen LogP contribution in [0.5, 0.6) is 0 Å². The van der Waals surface area contributed by atoms with Crippen LogP contribution in [-0.2, 0) is 6.42 Å². The highest BCUT2D eigenvalue weighted by Gasteiger charge is 2.19. The molecule has 0 saturated heterocycles. The van der Waals surface area contributed by atoms with E-state index < -0.39 is 0 Å². The van der Waals surface area contributed by atoms with Crippen LogP contribution in [0.3, 0.4) is 0 Å². The fraction of sp³-hybridized carbons (Fsp3) is 0.625. The molecule has 1 rings (SSSR count). The fourth-order valence-electron chi connectivity index (χ4n) is 2.10. The van der Waals surface area contributed by atoms with Gasteiger partial charge in [0.1, 0.15) is 0 Å². The molecule has 114 valence electrons. The molecule has 0 fully saturated rings. The molecule has 0 aromatic heterocycles. The monoisotopic (exact) mass is 335 g/mol. The highest BCUT2D eigenvalue weighted by Crippen LogP contribution is 2.33. The molecule has 0 aliphatic rings. The van der Waals surface area contributed by atoms with Crippen LogP contribution in [0.2, 0.25) is 15.1 Å². The molecule has 20 heavy (non-hydrogen) atoms. The van der Waals surface area contributed by atoms with Gasteiger partial charge in [-0.3, -0.25) is 0 Å². The van der Waals surface area contributed by atoms with Gasteiger partial charge in [-0.25, -0.2) is 0 Å². The molecule has 0 spiro atoms. The molecule has 4 heteroatoms. The lowest BCUT2D eigenvalue weighted by Crippen LogP contribution is -2.28. The standard InChI is InChI=1S/C16H24Cl3N/c1-11(2)20-8-7-16(3,4)6-5-13-14(18)9-12(17)10-15(13)19/h9-11,20H,5-8H2,1-4H3. The molecule has 0 atom stereocenters. The van der Waals surface area contributed by atoms with Crippen LogP contribution in [0, 0.1) is 5.41 Å². The molecule has 0 heterocycles. The maximum atomic E-state index is 6.23. The summed E-state index contributed by atoms with van der Waals surface area (Å²) < 4.78 is 0. The Morgan fingerprint density at radius 1 is 1.05 bits per heavy atom. The van der Waals surface area contributed by atoms with Crippen molar-refractivity contribution in [1.29, 1.82) is 0 Å². The van der Waals surface area contributed by atoms with Crippen LogP contribution in [-0.4, -0.2) is 12.6 Å². The summed E-state index contributed by atoms with van der Waals surface area (Å²) in [6.07, 6.45) is 3.06. The number of hydrogen-bond donors (Lipinski definition) is 1. The number of rotatable bonds is 7. The van der Waals surface area contributed by atoms with Gasteiger partial charge in [0.05, 0.1) is 0 Å². The van der Waals surface area contributed by atoms with E-state index in [4.69, 9.17) is 34.8 Å². The van der Waals surface area contributed by atoms with E-state index in [1.54, 1.807) is 12.1 Å². The van der Waals surface area contributed by atoms with Crippen LogP contribution in [0.4, 0.5) is 0 Å². The summed E-state index contributed by atoms with van der Waals surface area (Å²) in [5.41, 5.74) is 1.26. The van der Waals surface area contributed by atoms with Gasteiger partial charge in [0, 0.05) is 21.1 Å². The first-order valence-electron chi connectivity index (χ1n) is 7.08. The Kier molecular flexibility index (Phi) is 7.14. The van der Waals surface area contributed by atoms with E-state index in [1.165, 1.54) is 0 Å². The van der Waals surface area contributed by atoms with Crippen molar-refractivity contribution in [2.24, 2.45) is 5.41 Å². The highest BCUT2D eigenvalue weighted by molar-refractivity contribution is 6.39. The van der Waals surface area contributed by atoms with E-state index in [-0.39, 0.29) is 5.41 Å². The second kappa shape index (κ2) is 7.89. The quantitative estimate of drug-likeness (QED) is 0.644. The maximum absolute atomic E-state index is 6.23. The van der Waals surface area contributed by atoms with Crippen molar-refractivity contribution in [2.45, 2.75) is 53.0 Å². The SMILES string of the molecule is CC(C)NCCC(C)(C)CCc1c(Cl)cc(Cl)cc1Cl. The predicted octanol–water partition coefficient (Wildman–Crippen LogP) is 5.99. The second-order valence-electron chi connectivity index (χ2n) is 6.37. The van der Waals surface area contributed by atoms with Crippen molar-refractivity contribution in [1.82, 2.24) is 5.32 Å². The van der Waals surface area contributed by atoms with Gasteiger partial charge in [-0.2, -0.15) is 0 Å². The topological polar surface area (TPSA) is 12.0 Å². The Hall–Kier alpha value is 0.0500. The molecule has 1 aromatic carbocycles. The van der Waals surface area contributed by atoms with Crippen molar-refractivity contribution in [3.05, 3.63) is 32.8 Å². The van der Waals surface area contributed by atoms with Crippen LogP contribution in [0.25, 0.3) is 0 Å². The zero-order valence-corrected chi connectivity index (χ0v) is 15.0. The normalized spacial score (nSPS) is 12.2. The molecule has 0 aliphatic carbocycles. The van der Waals surface area contributed by atoms with Crippen molar-refractivity contribution in [3.8, 4) is 0 Å². The maximum Gasteiger partial charge on any atom is 0.0467 e. The number of nitrogens with one attached hydrogen (secondary N) is 1. The van der Waals surface area contributed by atoms with Crippen molar-refractivity contribution < 1.29 is 0 Å². The Morgan fingerprint density at radius 3 is 2.10 bits per heavy atom. The molecule has 0 saturated carbocycles. The van der Waals surface area contributed by atoms with Gasteiger partial charge in [0.2, 0.25) is 0 Å². The zero-order chi connectivity index (χ0) is 15.3. The van der Waals surface area contributed by atoms with Crippen molar-refractivity contribution in [2.75, 3.05) is 6.54 Å². The minimum atomic E-state index is 0.258. The molecule has 0 aliphatic heterocycles. The van der Waals surface area contributed by atoms with E-state index in [0.717, 1.165) is 31.4 Å². The van der Waals surface area contributed by atoms with Crippen LogP contribution in [0.1, 0.15) is 46.1 Å². The van der Waals surface area contributed by atoms with Crippen LogP contribution < -0.4 is 5.32 Å². The van der Waals surface area contributed by atoms with Gasteiger partial charge in [-0.05, 0) is 48.9 Å². The van der Waals surface area contributed by atoms with Gasteiger partial charge < -0.3 is 5.32 Å². The number of hydrogen-bond acceptors (Lipinski definition) is 1. The van der Waals surface area contributed by atoms with Gasteiger partial charge in [0.25, 0.3) is 0 Å². The summed E-state index contributed by atoms with van der Waals surface area (Å²) in [4.78, 5) is 0. The first kappa shape index (κ1) is 18.1. The van der Waals surface area contributed by atoms with E-state index in [9.17, 15) is 0 Å². The summed E-state index contributed by atoms with van der Waals surface area (Å²) in [7, 11) is 0. The van der Waals surface area contributed by atoms with E-state index in [2.05, 4.69) is 33.0 Å². The average molecular weight is 337 g/mol. The second-order valence-corrected chi connectivity index (χ2v) is 7.62. The molecule has 1 nitrogen and oxygen atoms in total. The highest BCUT2D eigenvalue weighted by atomic mass is 35.5. The van der Waals surface area contributed by atoms with Gasteiger partial charge in [0.15, 0.2) is 0 Å². The summed E-state index contributed by atoms with van der Waals surface area (Å²) in [5, 5.41) is 5.38. The zero-order valence-electron chi connectivity index (χ0n) is 12.7. The molecule has 0 bridgehead atoms. The molecule has 0 amide bonds. The van der Waals surface area contributed by atoms with Gasteiger partial charge in [-0.15, -0.1) is 0 Å². The predicted molar refractivity (Wildman–Crippen MR) is 91.3 cm³/mol. The average Bonchev–Trinajstić information content (AvgIpc) is 2.26. The van der Waals surface area contributed by atoms with E-state index in [1.807, 2.05) is 0 Å². The molecule has 0 unspecified atom stereocenters. The lowest BCUT2D eigenvalue weighted by atomic mass is 9.83. The van der Waals surface area contributed by atoms with Crippen LogP contribution in [0.15, 0.2) is 12.1 Å². The lowest BCUT2D eigenvalue weighted by molar-refractivity contribution is 0.298. The third kappa shape index (κ3) is 6.22. The lowest BCUT2D eigenvalue weighted by Gasteiger charge is -2.26. The molecule has 1 aromatic rings. The number of halogens is 3. The minimum Gasteiger partial charge on any atom is -0.315 e. The van der Waals surface area contributed by atoms with Crippen molar-refractivity contribution >= 4 is 34.8 Å². The minimum absolute atomic E-state index is 0.258. The Morgan fingerprint density at radius 2 is 1.60 bits per heavy atom. The number of benzene rings is 1. The van der Waals surface area contributed by atoms with Gasteiger partial charge in [-0.1, -0.05) is 62.5 Å².